The van der Waals surface area contributed by atoms with E-state index in [1.54, 1.807) is 0 Å². The van der Waals surface area contributed by atoms with Gasteiger partial charge in [0.05, 0.1) is 0 Å². The second-order valence-corrected chi connectivity index (χ2v) is 5.76. The Bertz CT molecular complexity index is 413. The van der Waals surface area contributed by atoms with Gasteiger partial charge in [-0.15, -0.1) is 0 Å². The summed E-state index contributed by atoms with van der Waals surface area (Å²) in [5, 5.41) is 0. The average molecular weight is 230 g/mol. The summed E-state index contributed by atoms with van der Waals surface area (Å²) in [6.07, 6.45) is 5.25. The first-order valence-electron chi connectivity index (χ1n) is 6.86. The smallest absolute Gasteiger partial charge is 0.0354 e. The SMILES string of the molecule is CC1CCCN(C2CCc3cc(N)ccc32)C1. The Morgan fingerprint density at radius 3 is 3.00 bits per heavy atom. The number of likely N-dealkylation sites (tertiary alicyclic amines) is 1. The monoisotopic (exact) mass is 230 g/mol. The summed E-state index contributed by atoms with van der Waals surface area (Å²) in [5.74, 6) is 0.863. The molecule has 0 saturated carbocycles. The zero-order valence-electron chi connectivity index (χ0n) is 10.7. The van der Waals surface area contributed by atoms with Gasteiger partial charge in [0.1, 0.15) is 0 Å². The number of piperidine rings is 1. The first-order chi connectivity index (χ1) is 8.24. The highest BCUT2D eigenvalue weighted by Gasteiger charge is 2.30. The Labute approximate surface area is 104 Å². The van der Waals surface area contributed by atoms with E-state index >= 15 is 0 Å². The van der Waals surface area contributed by atoms with E-state index in [1.807, 2.05) is 0 Å². The van der Waals surface area contributed by atoms with E-state index in [1.165, 1.54) is 49.9 Å². The molecule has 2 aliphatic rings. The molecule has 2 atom stereocenters. The maximum atomic E-state index is 5.86. The lowest BCUT2D eigenvalue weighted by molar-refractivity contribution is 0.129. The van der Waals surface area contributed by atoms with Gasteiger partial charge in [0.15, 0.2) is 0 Å². The lowest BCUT2D eigenvalue weighted by Gasteiger charge is -2.36. The summed E-state index contributed by atoms with van der Waals surface area (Å²) in [7, 11) is 0. The Morgan fingerprint density at radius 1 is 1.29 bits per heavy atom. The van der Waals surface area contributed by atoms with E-state index < -0.39 is 0 Å². The van der Waals surface area contributed by atoms with Gasteiger partial charge in [-0.05, 0) is 61.4 Å². The summed E-state index contributed by atoms with van der Waals surface area (Å²) >= 11 is 0. The lowest BCUT2D eigenvalue weighted by atomic mass is 9.97. The summed E-state index contributed by atoms with van der Waals surface area (Å²) in [6, 6.07) is 7.14. The highest BCUT2D eigenvalue weighted by atomic mass is 15.2. The quantitative estimate of drug-likeness (QED) is 0.751. The van der Waals surface area contributed by atoms with E-state index in [2.05, 4.69) is 30.0 Å². The molecule has 1 fully saturated rings. The molecule has 1 aromatic rings. The van der Waals surface area contributed by atoms with Crippen LogP contribution in [0.3, 0.4) is 0 Å². The summed E-state index contributed by atoms with van der Waals surface area (Å²) in [6.45, 7) is 4.93. The number of aryl methyl sites for hydroxylation is 1. The van der Waals surface area contributed by atoms with Crippen LogP contribution in [0.5, 0.6) is 0 Å². The van der Waals surface area contributed by atoms with Gasteiger partial charge in [-0.3, -0.25) is 4.90 Å². The highest BCUT2D eigenvalue weighted by molar-refractivity contribution is 5.47. The number of anilines is 1. The van der Waals surface area contributed by atoms with Crippen LogP contribution in [0.15, 0.2) is 18.2 Å². The van der Waals surface area contributed by atoms with Crippen LogP contribution < -0.4 is 5.73 Å². The molecular weight excluding hydrogens is 208 g/mol. The Hall–Kier alpha value is -1.02. The molecule has 2 unspecified atom stereocenters. The molecule has 0 amide bonds. The van der Waals surface area contributed by atoms with Crippen LogP contribution in [0, 0.1) is 5.92 Å². The number of fused-ring (bicyclic) bond motifs is 1. The molecule has 3 rings (SSSR count). The van der Waals surface area contributed by atoms with E-state index in [4.69, 9.17) is 5.73 Å². The van der Waals surface area contributed by atoms with Crippen LogP contribution in [0.2, 0.25) is 0 Å². The standard InChI is InChI=1S/C15H22N2/c1-11-3-2-8-17(10-11)15-7-4-12-9-13(16)5-6-14(12)15/h5-6,9,11,15H,2-4,7-8,10,16H2,1H3. The molecule has 1 aromatic carbocycles. The third kappa shape index (κ3) is 2.06. The Morgan fingerprint density at radius 2 is 2.18 bits per heavy atom. The van der Waals surface area contributed by atoms with Gasteiger partial charge in [-0.2, -0.15) is 0 Å². The van der Waals surface area contributed by atoms with Gasteiger partial charge in [-0.25, -0.2) is 0 Å². The zero-order valence-corrected chi connectivity index (χ0v) is 10.7. The maximum Gasteiger partial charge on any atom is 0.0354 e. The summed E-state index contributed by atoms with van der Waals surface area (Å²) in [5.41, 5.74) is 9.79. The van der Waals surface area contributed by atoms with Gasteiger partial charge >= 0.3 is 0 Å². The maximum absolute atomic E-state index is 5.86. The van der Waals surface area contributed by atoms with Crippen molar-refractivity contribution in [1.29, 1.82) is 0 Å². The fourth-order valence-corrected chi connectivity index (χ4v) is 3.50. The fourth-order valence-electron chi connectivity index (χ4n) is 3.50. The molecule has 2 N–H and O–H groups in total. The van der Waals surface area contributed by atoms with Crippen LogP contribution in [-0.4, -0.2) is 18.0 Å². The van der Waals surface area contributed by atoms with Gasteiger partial charge in [0.2, 0.25) is 0 Å². The number of nitrogens with zero attached hydrogens (tertiary/aromatic N) is 1. The Balaban J connectivity index is 1.83. The minimum absolute atomic E-state index is 0.661. The topological polar surface area (TPSA) is 29.3 Å². The van der Waals surface area contributed by atoms with Crippen molar-refractivity contribution in [3.63, 3.8) is 0 Å². The molecule has 1 saturated heterocycles. The van der Waals surface area contributed by atoms with Crippen molar-refractivity contribution in [3.05, 3.63) is 29.3 Å². The molecule has 1 aliphatic carbocycles. The lowest BCUT2D eigenvalue weighted by Crippen LogP contribution is -2.36. The van der Waals surface area contributed by atoms with Crippen LogP contribution in [0.4, 0.5) is 5.69 Å². The van der Waals surface area contributed by atoms with Crippen LogP contribution in [0.1, 0.15) is 43.4 Å². The zero-order chi connectivity index (χ0) is 11.8. The predicted octanol–water partition coefficient (Wildman–Crippen LogP) is 2.99. The predicted molar refractivity (Wildman–Crippen MR) is 71.9 cm³/mol. The second-order valence-electron chi connectivity index (χ2n) is 5.76. The number of nitrogens with two attached hydrogens (primary N) is 1. The number of hydrogen-bond donors (Lipinski definition) is 1. The van der Waals surface area contributed by atoms with Crippen LogP contribution in [-0.2, 0) is 6.42 Å². The molecule has 0 aromatic heterocycles. The van der Waals surface area contributed by atoms with Gasteiger partial charge in [0.25, 0.3) is 0 Å². The normalized spacial score (nSPS) is 29.2. The van der Waals surface area contributed by atoms with Crippen molar-refractivity contribution in [2.75, 3.05) is 18.8 Å². The molecule has 2 heteroatoms. The number of rotatable bonds is 1. The van der Waals surface area contributed by atoms with Crippen molar-refractivity contribution in [1.82, 2.24) is 4.90 Å². The van der Waals surface area contributed by atoms with Gasteiger partial charge in [0, 0.05) is 18.3 Å². The minimum atomic E-state index is 0.661. The molecule has 0 bridgehead atoms. The second kappa shape index (κ2) is 4.34. The third-order valence-electron chi connectivity index (χ3n) is 4.34. The molecule has 1 aliphatic heterocycles. The first kappa shape index (κ1) is 11.1. The van der Waals surface area contributed by atoms with Crippen molar-refractivity contribution in [3.8, 4) is 0 Å². The molecule has 17 heavy (non-hydrogen) atoms. The van der Waals surface area contributed by atoms with E-state index in [0.717, 1.165) is 11.6 Å². The molecule has 0 radical (unpaired) electrons. The van der Waals surface area contributed by atoms with Crippen molar-refractivity contribution in [2.45, 2.75) is 38.6 Å². The molecule has 92 valence electrons. The molecule has 0 spiro atoms. The minimum Gasteiger partial charge on any atom is -0.399 e. The van der Waals surface area contributed by atoms with Crippen LogP contribution in [0.25, 0.3) is 0 Å². The largest absolute Gasteiger partial charge is 0.399 e. The molecule has 1 heterocycles. The highest BCUT2D eigenvalue weighted by Crippen LogP contribution is 2.38. The number of benzene rings is 1. The van der Waals surface area contributed by atoms with E-state index in [-0.39, 0.29) is 0 Å². The fraction of sp³-hybridized carbons (Fsp3) is 0.600. The summed E-state index contributed by atoms with van der Waals surface area (Å²) in [4.78, 5) is 2.69. The van der Waals surface area contributed by atoms with E-state index in [0.29, 0.717) is 6.04 Å². The molecule has 2 nitrogen and oxygen atoms in total. The van der Waals surface area contributed by atoms with Crippen molar-refractivity contribution < 1.29 is 0 Å². The summed E-state index contributed by atoms with van der Waals surface area (Å²) < 4.78 is 0. The van der Waals surface area contributed by atoms with Gasteiger partial charge in [-0.1, -0.05) is 13.0 Å². The van der Waals surface area contributed by atoms with E-state index in [9.17, 15) is 0 Å². The molecular formula is C15H22N2. The number of hydrogen-bond acceptors (Lipinski definition) is 2. The van der Waals surface area contributed by atoms with Crippen LogP contribution >= 0.6 is 0 Å². The first-order valence-corrected chi connectivity index (χ1v) is 6.86. The average Bonchev–Trinajstić information content (AvgIpc) is 2.71. The van der Waals surface area contributed by atoms with Crippen molar-refractivity contribution in [2.24, 2.45) is 5.92 Å². The van der Waals surface area contributed by atoms with Gasteiger partial charge < -0.3 is 5.73 Å². The Kier molecular flexibility index (Phi) is 2.83. The number of nitrogen functional groups attached to an aromatic ring is 1. The van der Waals surface area contributed by atoms with Crippen molar-refractivity contribution >= 4 is 5.69 Å². The third-order valence-corrected chi connectivity index (χ3v) is 4.34.